The van der Waals surface area contributed by atoms with Crippen molar-refractivity contribution in [2.75, 3.05) is 36.5 Å². The van der Waals surface area contributed by atoms with Crippen LogP contribution in [0, 0.1) is 0 Å². The average Bonchev–Trinajstić information content (AvgIpc) is 2.72. The standard InChI is InChI=1S/C24H26N2O/c1-3-26-22-10-6-4-8-20(22)24(21-9-5-7-11-23(21)26)18-12-14-19(15-13-18)25(2)16-17-27/h4-15,24,27H,3,16-17H2,1-2H3. The largest absolute Gasteiger partial charge is 0.395 e. The van der Waals surface area contributed by atoms with Gasteiger partial charge in [0.2, 0.25) is 0 Å². The molecule has 3 aromatic carbocycles. The van der Waals surface area contributed by atoms with Crippen molar-refractivity contribution in [3.05, 3.63) is 89.5 Å². The fourth-order valence-corrected chi connectivity index (χ4v) is 4.15. The molecule has 0 amide bonds. The van der Waals surface area contributed by atoms with Gasteiger partial charge in [-0.2, -0.15) is 0 Å². The number of para-hydroxylation sites is 2. The summed E-state index contributed by atoms with van der Waals surface area (Å²) in [6, 6.07) is 26.2. The molecule has 3 nitrogen and oxygen atoms in total. The molecule has 0 saturated heterocycles. The second kappa shape index (κ2) is 7.45. The SMILES string of the molecule is CCN1c2ccccc2C(c2ccc(N(C)CCO)cc2)c2ccccc21. The molecule has 3 aromatic rings. The highest BCUT2D eigenvalue weighted by atomic mass is 16.3. The lowest BCUT2D eigenvalue weighted by Gasteiger charge is -2.37. The van der Waals surface area contributed by atoms with Crippen molar-refractivity contribution in [1.29, 1.82) is 0 Å². The van der Waals surface area contributed by atoms with Crippen LogP contribution in [-0.4, -0.2) is 31.9 Å². The Morgan fingerprint density at radius 3 is 1.93 bits per heavy atom. The summed E-state index contributed by atoms with van der Waals surface area (Å²) < 4.78 is 0. The maximum atomic E-state index is 9.18. The third kappa shape index (κ3) is 3.08. The van der Waals surface area contributed by atoms with Crippen molar-refractivity contribution in [2.24, 2.45) is 0 Å². The van der Waals surface area contributed by atoms with E-state index in [-0.39, 0.29) is 12.5 Å². The molecule has 1 heterocycles. The molecule has 1 N–H and O–H groups in total. The number of benzene rings is 3. The van der Waals surface area contributed by atoms with Gasteiger partial charge in [0.15, 0.2) is 0 Å². The molecule has 0 aromatic heterocycles. The molecule has 0 saturated carbocycles. The number of fused-ring (bicyclic) bond motifs is 2. The molecular weight excluding hydrogens is 332 g/mol. The Morgan fingerprint density at radius 1 is 0.852 bits per heavy atom. The third-order valence-corrected chi connectivity index (χ3v) is 5.50. The predicted molar refractivity (Wildman–Crippen MR) is 113 cm³/mol. The molecule has 138 valence electrons. The molecule has 0 atom stereocenters. The fraction of sp³-hybridized carbons (Fsp3) is 0.250. The lowest BCUT2D eigenvalue weighted by Crippen LogP contribution is -2.25. The molecule has 1 aliphatic rings. The van der Waals surface area contributed by atoms with Crippen molar-refractivity contribution < 1.29 is 5.11 Å². The molecular formula is C24H26N2O. The van der Waals surface area contributed by atoms with Crippen LogP contribution < -0.4 is 9.80 Å². The quantitative estimate of drug-likeness (QED) is 0.712. The summed E-state index contributed by atoms with van der Waals surface area (Å²) in [4.78, 5) is 4.48. The number of nitrogens with zero attached hydrogens (tertiary/aromatic N) is 2. The van der Waals surface area contributed by atoms with Gasteiger partial charge >= 0.3 is 0 Å². The van der Waals surface area contributed by atoms with Crippen molar-refractivity contribution >= 4 is 17.1 Å². The Labute approximate surface area is 161 Å². The van der Waals surface area contributed by atoms with Crippen LogP contribution in [-0.2, 0) is 0 Å². The maximum Gasteiger partial charge on any atom is 0.0606 e. The van der Waals surface area contributed by atoms with Gasteiger partial charge in [0.25, 0.3) is 0 Å². The summed E-state index contributed by atoms with van der Waals surface area (Å²) in [6.45, 7) is 3.96. The molecule has 0 fully saturated rings. The van der Waals surface area contributed by atoms with E-state index in [0.717, 1.165) is 12.2 Å². The van der Waals surface area contributed by atoms with E-state index < -0.39 is 0 Å². The van der Waals surface area contributed by atoms with Gasteiger partial charge in [-0.15, -0.1) is 0 Å². The topological polar surface area (TPSA) is 26.7 Å². The van der Waals surface area contributed by atoms with Gasteiger partial charge in [-0.05, 0) is 47.9 Å². The summed E-state index contributed by atoms with van der Waals surface area (Å²) in [5, 5.41) is 9.18. The van der Waals surface area contributed by atoms with Gasteiger partial charge in [0.1, 0.15) is 0 Å². The van der Waals surface area contributed by atoms with Crippen LogP contribution in [0.4, 0.5) is 17.1 Å². The number of rotatable bonds is 5. The number of aliphatic hydroxyl groups excluding tert-OH is 1. The summed E-state index contributed by atoms with van der Waals surface area (Å²) >= 11 is 0. The van der Waals surface area contributed by atoms with Crippen molar-refractivity contribution in [1.82, 2.24) is 0 Å². The monoisotopic (exact) mass is 358 g/mol. The van der Waals surface area contributed by atoms with Gasteiger partial charge in [-0.1, -0.05) is 48.5 Å². The highest BCUT2D eigenvalue weighted by molar-refractivity contribution is 5.78. The minimum absolute atomic E-state index is 0.161. The Balaban J connectivity index is 1.81. The number of hydrogen-bond donors (Lipinski definition) is 1. The van der Waals surface area contributed by atoms with Crippen molar-refractivity contribution in [3.63, 3.8) is 0 Å². The number of anilines is 3. The summed E-state index contributed by atoms with van der Waals surface area (Å²) in [7, 11) is 2.01. The van der Waals surface area contributed by atoms with Crippen LogP contribution in [0.2, 0.25) is 0 Å². The zero-order valence-electron chi connectivity index (χ0n) is 16.0. The Morgan fingerprint density at radius 2 is 1.41 bits per heavy atom. The number of likely N-dealkylation sites (N-methyl/N-ethyl adjacent to an activating group) is 1. The minimum Gasteiger partial charge on any atom is -0.395 e. The molecule has 1 aliphatic heterocycles. The summed E-state index contributed by atoms with van der Waals surface area (Å²) in [5.41, 5.74) is 7.73. The molecule has 3 heteroatoms. The first-order valence-electron chi connectivity index (χ1n) is 9.62. The van der Waals surface area contributed by atoms with E-state index in [4.69, 9.17) is 0 Å². The minimum atomic E-state index is 0.161. The van der Waals surface area contributed by atoms with Gasteiger partial charge in [0, 0.05) is 43.1 Å². The molecule has 0 unspecified atom stereocenters. The Kier molecular flexibility index (Phi) is 4.87. The smallest absolute Gasteiger partial charge is 0.0606 e. The number of aliphatic hydroxyl groups is 1. The van der Waals surface area contributed by atoms with Crippen LogP contribution in [0.3, 0.4) is 0 Å². The summed E-state index contributed by atoms with van der Waals surface area (Å²) in [5.74, 6) is 0.234. The molecule has 27 heavy (non-hydrogen) atoms. The first kappa shape index (κ1) is 17.6. The lowest BCUT2D eigenvalue weighted by molar-refractivity contribution is 0.304. The van der Waals surface area contributed by atoms with Crippen LogP contribution in [0.15, 0.2) is 72.8 Å². The fourth-order valence-electron chi connectivity index (χ4n) is 4.15. The highest BCUT2D eigenvalue weighted by Gasteiger charge is 2.30. The van der Waals surface area contributed by atoms with E-state index in [2.05, 4.69) is 89.5 Å². The zero-order chi connectivity index (χ0) is 18.8. The second-order valence-corrected chi connectivity index (χ2v) is 7.03. The Bertz CT molecular complexity index is 872. The predicted octanol–water partition coefficient (Wildman–Crippen LogP) is 4.77. The van der Waals surface area contributed by atoms with Gasteiger partial charge < -0.3 is 14.9 Å². The maximum absolute atomic E-state index is 9.18. The van der Waals surface area contributed by atoms with Crippen molar-refractivity contribution in [3.8, 4) is 0 Å². The van der Waals surface area contributed by atoms with E-state index in [1.165, 1.54) is 28.1 Å². The van der Waals surface area contributed by atoms with E-state index in [1.807, 2.05) is 7.05 Å². The second-order valence-electron chi connectivity index (χ2n) is 7.03. The number of hydrogen-bond acceptors (Lipinski definition) is 3. The normalized spacial score (nSPS) is 13.2. The van der Waals surface area contributed by atoms with Crippen LogP contribution >= 0.6 is 0 Å². The average molecular weight is 358 g/mol. The first-order chi connectivity index (χ1) is 13.2. The molecule has 4 rings (SSSR count). The van der Waals surface area contributed by atoms with Crippen LogP contribution in [0.5, 0.6) is 0 Å². The van der Waals surface area contributed by atoms with Crippen LogP contribution in [0.25, 0.3) is 0 Å². The van der Waals surface area contributed by atoms with E-state index in [0.29, 0.717) is 6.54 Å². The van der Waals surface area contributed by atoms with E-state index >= 15 is 0 Å². The first-order valence-corrected chi connectivity index (χ1v) is 9.62. The molecule has 0 aliphatic carbocycles. The van der Waals surface area contributed by atoms with Crippen molar-refractivity contribution in [2.45, 2.75) is 12.8 Å². The summed E-state index contributed by atoms with van der Waals surface area (Å²) in [6.07, 6.45) is 0. The zero-order valence-corrected chi connectivity index (χ0v) is 16.0. The van der Waals surface area contributed by atoms with E-state index in [1.54, 1.807) is 0 Å². The van der Waals surface area contributed by atoms with Gasteiger partial charge in [0.05, 0.1) is 6.61 Å². The highest BCUT2D eigenvalue weighted by Crippen LogP contribution is 2.48. The molecule has 0 radical (unpaired) electrons. The van der Waals surface area contributed by atoms with Crippen LogP contribution in [0.1, 0.15) is 29.5 Å². The lowest BCUT2D eigenvalue weighted by atomic mass is 9.80. The molecule has 0 spiro atoms. The van der Waals surface area contributed by atoms with E-state index in [9.17, 15) is 5.11 Å². The third-order valence-electron chi connectivity index (χ3n) is 5.50. The van der Waals surface area contributed by atoms with Gasteiger partial charge in [-0.25, -0.2) is 0 Å². The van der Waals surface area contributed by atoms with Gasteiger partial charge in [-0.3, -0.25) is 0 Å². The Hall–Kier alpha value is -2.78. The molecule has 0 bridgehead atoms.